The van der Waals surface area contributed by atoms with Crippen molar-refractivity contribution in [2.75, 3.05) is 6.61 Å². The lowest BCUT2D eigenvalue weighted by molar-refractivity contribution is 0.0526. The third-order valence-corrected chi connectivity index (χ3v) is 3.47. The van der Waals surface area contributed by atoms with E-state index in [-0.39, 0.29) is 5.56 Å². The summed E-state index contributed by atoms with van der Waals surface area (Å²) in [6.45, 7) is 3.90. The summed E-state index contributed by atoms with van der Waals surface area (Å²) in [6, 6.07) is 3.49. The van der Waals surface area contributed by atoms with Crippen molar-refractivity contribution in [2.45, 2.75) is 13.8 Å². The molecule has 1 heterocycles. The number of ether oxygens (including phenoxy) is 1. The van der Waals surface area contributed by atoms with Gasteiger partial charge >= 0.3 is 5.97 Å². The first-order valence-corrected chi connectivity index (χ1v) is 6.22. The molecular formula is C13H11Cl2NO2. The first kappa shape index (κ1) is 13.1. The second-order valence-corrected chi connectivity index (χ2v) is 4.56. The van der Waals surface area contributed by atoms with Crippen molar-refractivity contribution in [2.24, 2.45) is 0 Å². The second-order valence-electron chi connectivity index (χ2n) is 3.77. The lowest BCUT2D eigenvalue weighted by atomic mass is 10.1. The number of aromatic nitrogens is 1. The van der Waals surface area contributed by atoms with E-state index in [2.05, 4.69) is 4.98 Å². The predicted octanol–water partition coefficient (Wildman–Crippen LogP) is 4.03. The van der Waals surface area contributed by atoms with E-state index in [1.807, 2.05) is 6.92 Å². The Balaban J connectivity index is 2.65. The Bertz CT molecular complexity index is 626. The summed E-state index contributed by atoms with van der Waals surface area (Å²) in [6.07, 6.45) is 1.42. The molecule has 0 aliphatic heterocycles. The lowest BCUT2D eigenvalue weighted by Gasteiger charge is -2.08. The number of halogens is 2. The molecular weight excluding hydrogens is 273 g/mol. The van der Waals surface area contributed by atoms with Crippen LogP contribution in [0.15, 0.2) is 18.3 Å². The highest BCUT2D eigenvalue weighted by Gasteiger charge is 2.16. The smallest absolute Gasteiger partial charge is 0.341 e. The van der Waals surface area contributed by atoms with Gasteiger partial charge < -0.3 is 4.74 Å². The van der Waals surface area contributed by atoms with Crippen LogP contribution in [-0.2, 0) is 4.74 Å². The van der Waals surface area contributed by atoms with Crippen molar-refractivity contribution in [3.05, 3.63) is 39.5 Å². The summed E-state index contributed by atoms with van der Waals surface area (Å²) < 4.78 is 4.92. The SMILES string of the molecule is CCOC(=O)c1cnc2c(C)c(Cl)ccc2c1Cl. The maximum atomic E-state index is 11.7. The van der Waals surface area contributed by atoms with Crippen molar-refractivity contribution in [1.82, 2.24) is 4.98 Å². The molecule has 0 aliphatic carbocycles. The van der Waals surface area contributed by atoms with Crippen LogP contribution in [0.3, 0.4) is 0 Å². The van der Waals surface area contributed by atoms with E-state index in [0.29, 0.717) is 27.6 Å². The highest BCUT2D eigenvalue weighted by molar-refractivity contribution is 6.39. The van der Waals surface area contributed by atoms with Crippen LogP contribution in [0.1, 0.15) is 22.8 Å². The fourth-order valence-electron chi connectivity index (χ4n) is 1.70. The van der Waals surface area contributed by atoms with Gasteiger partial charge in [0.05, 0.1) is 22.7 Å². The number of fused-ring (bicyclic) bond motifs is 1. The van der Waals surface area contributed by atoms with Crippen molar-refractivity contribution in [3.8, 4) is 0 Å². The number of nitrogens with zero attached hydrogens (tertiary/aromatic N) is 1. The average molecular weight is 284 g/mol. The van der Waals surface area contributed by atoms with Gasteiger partial charge in [-0.15, -0.1) is 0 Å². The van der Waals surface area contributed by atoms with Crippen LogP contribution in [0, 0.1) is 6.92 Å². The summed E-state index contributed by atoms with van der Waals surface area (Å²) in [7, 11) is 0. The molecule has 0 unspecified atom stereocenters. The predicted molar refractivity (Wildman–Crippen MR) is 72.5 cm³/mol. The monoisotopic (exact) mass is 283 g/mol. The van der Waals surface area contributed by atoms with Gasteiger partial charge in [-0.2, -0.15) is 0 Å². The maximum absolute atomic E-state index is 11.7. The molecule has 0 fully saturated rings. The molecule has 0 saturated heterocycles. The molecule has 5 heteroatoms. The van der Waals surface area contributed by atoms with Crippen molar-refractivity contribution >= 4 is 40.1 Å². The Morgan fingerprint density at radius 2 is 2.11 bits per heavy atom. The zero-order valence-electron chi connectivity index (χ0n) is 9.96. The van der Waals surface area contributed by atoms with Crippen molar-refractivity contribution < 1.29 is 9.53 Å². The van der Waals surface area contributed by atoms with E-state index in [0.717, 1.165) is 5.56 Å². The maximum Gasteiger partial charge on any atom is 0.341 e. The Hall–Kier alpha value is -1.32. The summed E-state index contributed by atoms with van der Waals surface area (Å²) >= 11 is 12.2. The molecule has 0 spiro atoms. The molecule has 18 heavy (non-hydrogen) atoms. The minimum atomic E-state index is -0.468. The second kappa shape index (κ2) is 5.12. The Labute approximate surface area is 115 Å². The summed E-state index contributed by atoms with van der Waals surface area (Å²) in [4.78, 5) is 15.9. The molecule has 0 amide bonds. The standard InChI is InChI=1S/C13H11Cl2NO2/c1-3-18-13(17)9-6-16-12-7(2)10(14)5-4-8(12)11(9)15/h4-6H,3H2,1-2H3. The van der Waals surface area contributed by atoms with Crippen LogP contribution < -0.4 is 0 Å². The summed E-state index contributed by atoms with van der Waals surface area (Å²) in [5.41, 5.74) is 1.81. The molecule has 0 atom stereocenters. The van der Waals surface area contributed by atoms with Gasteiger partial charge in [0.15, 0.2) is 0 Å². The van der Waals surface area contributed by atoms with Gasteiger partial charge in [0.2, 0.25) is 0 Å². The number of rotatable bonds is 2. The Kier molecular flexibility index (Phi) is 3.73. The number of hydrogen-bond acceptors (Lipinski definition) is 3. The Morgan fingerprint density at radius 1 is 1.39 bits per heavy atom. The first-order valence-electron chi connectivity index (χ1n) is 5.46. The summed E-state index contributed by atoms with van der Waals surface area (Å²) in [5.74, 6) is -0.468. The van der Waals surface area contributed by atoms with E-state index >= 15 is 0 Å². The normalized spacial score (nSPS) is 10.7. The Morgan fingerprint density at radius 3 is 2.78 bits per heavy atom. The number of carbonyl (C=O) groups excluding carboxylic acids is 1. The average Bonchev–Trinajstić information content (AvgIpc) is 2.34. The third-order valence-electron chi connectivity index (χ3n) is 2.66. The van der Waals surface area contributed by atoms with E-state index in [4.69, 9.17) is 27.9 Å². The first-order chi connectivity index (χ1) is 8.56. The topological polar surface area (TPSA) is 39.2 Å². The van der Waals surface area contributed by atoms with Crippen LogP contribution in [0.4, 0.5) is 0 Å². The molecule has 2 rings (SSSR count). The van der Waals surface area contributed by atoms with Crippen LogP contribution >= 0.6 is 23.2 Å². The number of hydrogen-bond donors (Lipinski definition) is 0. The van der Waals surface area contributed by atoms with Gasteiger partial charge in [-0.3, -0.25) is 4.98 Å². The molecule has 1 aromatic carbocycles. The molecule has 2 aromatic rings. The van der Waals surface area contributed by atoms with Gasteiger partial charge in [-0.25, -0.2) is 4.79 Å². The number of pyridine rings is 1. The summed E-state index contributed by atoms with van der Waals surface area (Å²) in [5, 5.41) is 1.66. The fourth-order valence-corrected chi connectivity index (χ4v) is 2.13. The van der Waals surface area contributed by atoms with Gasteiger partial charge in [0.25, 0.3) is 0 Å². The zero-order valence-corrected chi connectivity index (χ0v) is 11.5. The van der Waals surface area contributed by atoms with Gasteiger partial charge in [0, 0.05) is 16.6 Å². The molecule has 0 aliphatic rings. The fraction of sp³-hybridized carbons (Fsp3) is 0.231. The number of esters is 1. The quantitative estimate of drug-likeness (QED) is 0.782. The van der Waals surface area contributed by atoms with Gasteiger partial charge in [-0.1, -0.05) is 23.2 Å². The molecule has 3 nitrogen and oxygen atoms in total. The van der Waals surface area contributed by atoms with Crippen LogP contribution in [0.5, 0.6) is 0 Å². The highest BCUT2D eigenvalue weighted by atomic mass is 35.5. The number of aryl methyl sites for hydroxylation is 1. The highest BCUT2D eigenvalue weighted by Crippen LogP contribution is 2.31. The molecule has 0 radical (unpaired) electrons. The zero-order chi connectivity index (χ0) is 13.3. The minimum absolute atomic E-state index is 0.271. The van der Waals surface area contributed by atoms with Crippen molar-refractivity contribution in [3.63, 3.8) is 0 Å². The lowest BCUT2D eigenvalue weighted by Crippen LogP contribution is -2.06. The largest absolute Gasteiger partial charge is 0.462 e. The van der Waals surface area contributed by atoms with E-state index in [9.17, 15) is 4.79 Å². The van der Waals surface area contributed by atoms with Crippen LogP contribution in [0.2, 0.25) is 10.0 Å². The molecule has 1 aromatic heterocycles. The van der Waals surface area contributed by atoms with Crippen LogP contribution in [-0.4, -0.2) is 17.6 Å². The van der Waals surface area contributed by atoms with Crippen molar-refractivity contribution in [1.29, 1.82) is 0 Å². The molecule has 94 valence electrons. The van der Waals surface area contributed by atoms with E-state index in [1.165, 1.54) is 6.20 Å². The van der Waals surface area contributed by atoms with Crippen LogP contribution in [0.25, 0.3) is 10.9 Å². The van der Waals surface area contributed by atoms with E-state index in [1.54, 1.807) is 19.1 Å². The molecule has 0 saturated carbocycles. The molecule has 0 N–H and O–H groups in total. The number of benzene rings is 1. The van der Waals surface area contributed by atoms with Gasteiger partial charge in [0.1, 0.15) is 0 Å². The third kappa shape index (κ3) is 2.16. The van der Waals surface area contributed by atoms with Gasteiger partial charge in [-0.05, 0) is 31.5 Å². The van der Waals surface area contributed by atoms with E-state index < -0.39 is 5.97 Å². The number of carbonyl (C=O) groups is 1. The molecule has 0 bridgehead atoms. The minimum Gasteiger partial charge on any atom is -0.462 e.